The predicted octanol–water partition coefficient (Wildman–Crippen LogP) is 7.28. The van der Waals surface area contributed by atoms with Crippen LogP contribution >= 0.6 is 0 Å². The second kappa shape index (κ2) is 9.14. The van der Waals surface area contributed by atoms with Crippen LogP contribution in [-0.4, -0.2) is 5.97 Å². The van der Waals surface area contributed by atoms with Crippen molar-refractivity contribution in [2.45, 2.75) is 57.5 Å². The summed E-state index contributed by atoms with van der Waals surface area (Å²) < 4.78 is 70.1. The maximum Gasteiger partial charge on any atom is 0.422 e. The van der Waals surface area contributed by atoms with Crippen molar-refractivity contribution in [3.05, 3.63) is 64.7 Å². The van der Waals surface area contributed by atoms with Gasteiger partial charge >= 0.3 is 12.1 Å². The lowest BCUT2D eigenvalue weighted by atomic mass is 9.77. The summed E-state index contributed by atoms with van der Waals surface area (Å²) in [4.78, 5) is 12.2. The van der Waals surface area contributed by atoms with Crippen molar-refractivity contribution < 1.29 is 31.5 Å². The van der Waals surface area contributed by atoms with Crippen molar-refractivity contribution >= 4 is 5.97 Å². The van der Waals surface area contributed by atoms with Gasteiger partial charge in [-0.05, 0) is 55.2 Å². The van der Waals surface area contributed by atoms with Gasteiger partial charge in [0.25, 0.3) is 0 Å². The first-order chi connectivity index (χ1) is 14.2. The number of carbonyl (C=O) groups excluding carboxylic acids is 1. The van der Waals surface area contributed by atoms with Gasteiger partial charge in [0.15, 0.2) is 0 Å². The van der Waals surface area contributed by atoms with Gasteiger partial charge in [-0.3, -0.25) is 0 Å². The molecule has 1 saturated carbocycles. The highest BCUT2D eigenvalue weighted by molar-refractivity contribution is 5.91. The number of alkyl halides is 3. The SMILES string of the molecule is CCCC1CCC(c2ccc(C(=O)Oc3cc(F)c(C(F)(F)F)c(F)c3)cc2)CC1. The number of carbonyl (C=O) groups is 1. The van der Waals surface area contributed by atoms with Crippen LogP contribution in [0.3, 0.4) is 0 Å². The van der Waals surface area contributed by atoms with Crippen LogP contribution in [0.25, 0.3) is 0 Å². The molecule has 0 atom stereocenters. The molecule has 162 valence electrons. The molecule has 0 N–H and O–H groups in total. The molecule has 1 aliphatic rings. The quantitative estimate of drug-likeness (QED) is 0.285. The Bertz CT molecular complexity index is 858. The van der Waals surface area contributed by atoms with Crippen molar-refractivity contribution in [1.29, 1.82) is 0 Å². The van der Waals surface area contributed by atoms with Gasteiger partial charge in [0.2, 0.25) is 0 Å². The van der Waals surface area contributed by atoms with E-state index in [2.05, 4.69) is 6.92 Å². The van der Waals surface area contributed by atoms with Crippen LogP contribution in [0.5, 0.6) is 5.75 Å². The minimum atomic E-state index is -5.18. The van der Waals surface area contributed by atoms with E-state index in [1.165, 1.54) is 25.7 Å². The first-order valence-electron chi connectivity index (χ1n) is 10.1. The normalized spacial score (nSPS) is 19.5. The highest BCUT2D eigenvalue weighted by Crippen LogP contribution is 2.38. The number of hydrogen-bond acceptors (Lipinski definition) is 2. The van der Waals surface area contributed by atoms with E-state index in [1.807, 2.05) is 12.1 Å². The number of halogens is 5. The number of hydrogen-bond donors (Lipinski definition) is 0. The first-order valence-corrected chi connectivity index (χ1v) is 10.1. The fourth-order valence-corrected chi connectivity index (χ4v) is 4.13. The van der Waals surface area contributed by atoms with E-state index in [1.54, 1.807) is 12.1 Å². The predicted molar refractivity (Wildman–Crippen MR) is 102 cm³/mol. The lowest BCUT2D eigenvalue weighted by Crippen LogP contribution is -2.14. The summed E-state index contributed by atoms with van der Waals surface area (Å²) >= 11 is 0. The fraction of sp³-hybridized carbons (Fsp3) is 0.435. The Morgan fingerprint density at radius 3 is 2.07 bits per heavy atom. The van der Waals surface area contributed by atoms with Gasteiger partial charge in [-0.25, -0.2) is 13.6 Å². The van der Waals surface area contributed by atoms with Crippen molar-refractivity contribution in [3.8, 4) is 5.75 Å². The molecule has 7 heteroatoms. The van der Waals surface area contributed by atoms with Crippen molar-refractivity contribution in [2.24, 2.45) is 5.92 Å². The summed E-state index contributed by atoms with van der Waals surface area (Å²) in [5, 5.41) is 0. The van der Waals surface area contributed by atoms with Gasteiger partial charge < -0.3 is 4.74 Å². The van der Waals surface area contributed by atoms with E-state index in [-0.39, 0.29) is 5.56 Å². The van der Waals surface area contributed by atoms with Crippen LogP contribution in [0, 0.1) is 17.6 Å². The van der Waals surface area contributed by atoms with Gasteiger partial charge in [0.1, 0.15) is 22.9 Å². The van der Waals surface area contributed by atoms with Gasteiger partial charge in [0.05, 0.1) is 5.56 Å². The van der Waals surface area contributed by atoms with Gasteiger partial charge in [-0.1, -0.05) is 31.9 Å². The molecule has 0 heterocycles. The van der Waals surface area contributed by atoms with Crippen LogP contribution in [-0.2, 0) is 6.18 Å². The topological polar surface area (TPSA) is 26.3 Å². The smallest absolute Gasteiger partial charge is 0.422 e. The number of benzene rings is 2. The minimum Gasteiger partial charge on any atom is -0.423 e. The van der Waals surface area contributed by atoms with Gasteiger partial charge in [-0.15, -0.1) is 0 Å². The van der Waals surface area contributed by atoms with E-state index < -0.39 is 35.1 Å². The average molecular weight is 426 g/mol. The standard InChI is InChI=1S/C23H23F5O2/c1-2-3-14-4-6-15(7-5-14)16-8-10-17(11-9-16)22(29)30-18-12-19(24)21(20(25)13-18)23(26,27)28/h8-15H,2-7H2,1H3. The Balaban J connectivity index is 1.66. The second-order valence-electron chi connectivity index (χ2n) is 7.78. The molecule has 1 aliphatic carbocycles. The molecular formula is C23H23F5O2. The number of ether oxygens (including phenoxy) is 1. The molecule has 2 aromatic rings. The third kappa shape index (κ3) is 5.18. The third-order valence-corrected chi connectivity index (χ3v) is 5.67. The van der Waals surface area contributed by atoms with Crippen LogP contribution < -0.4 is 4.74 Å². The monoisotopic (exact) mass is 426 g/mol. The van der Waals surface area contributed by atoms with Crippen LogP contribution in [0.15, 0.2) is 36.4 Å². The Morgan fingerprint density at radius 2 is 1.57 bits per heavy atom. The summed E-state index contributed by atoms with van der Waals surface area (Å²) in [6, 6.07) is 7.49. The first kappa shape index (κ1) is 22.2. The Labute approximate surface area is 172 Å². The molecule has 0 saturated heterocycles. The van der Waals surface area contributed by atoms with E-state index in [0.717, 1.165) is 24.3 Å². The third-order valence-electron chi connectivity index (χ3n) is 5.67. The zero-order valence-electron chi connectivity index (χ0n) is 16.6. The molecule has 0 aliphatic heterocycles. The van der Waals surface area contributed by atoms with Gasteiger partial charge in [-0.2, -0.15) is 13.2 Å². The summed E-state index contributed by atoms with van der Waals surface area (Å²) in [5.74, 6) is -3.97. The van der Waals surface area contributed by atoms with Gasteiger partial charge in [0, 0.05) is 12.1 Å². The second-order valence-corrected chi connectivity index (χ2v) is 7.78. The van der Waals surface area contributed by atoms with Crippen molar-refractivity contribution in [3.63, 3.8) is 0 Å². The van der Waals surface area contributed by atoms with Crippen molar-refractivity contribution in [1.82, 2.24) is 0 Å². The molecule has 0 amide bonds. The number of rotatable bonds is 5. The Morgan fingerprint density at radius 1 is 1.00 bits per heavy atom. The molecule has 2 nitrogen and oxygen atoms in total. The average Bonchev–Trinajstić information content (AvgIpc) is 2.67. The largest absolute Gasteiger partial charge is 0.423 e. The zero-order chi connectivity index (χ0) is 21.9. The summed E-state index contributed by atoms with van der Waals surface area (Å²) in [5.41, 5.74) is -0.743. The highest BCUT2D eigenvalue weighted by atomic mass is 19.4. The molecule has 1 fully saturated rings. The Kier molecular flexibility index (Phi) is 6.78. The molecule has 2 aromatic carbocycles. The summed E-state index contributed by atoms with van der Waals surface area (Å²) in [6.07, 6.45) is 1.83. The maximum atomic E-state index is 13.6. The van der Waals surface area contributed by atoms with Crippen LogP contribution in [0.2, 0.25) is 0 Å². The van der Waals surface area contributed by atoms with E-state index in [0.29, 0.717) is 18.1 Å². The number of esters is 1. The van der Waals surface area contributed by atoms with E-state index >= 15 is 0 Å². The molecule has 0 radical (unpaired) electrons. The van der Waals surface area contributed by atoms with E-state index in [4.69, 9.17) is 4.74 Å². The highest BCUT2D eigenvalue weighted by Gasteiger charge is 2.38. The molecule has 0 aromatic heterocycles. The molecular weight excluding hydrogens is 403 g/mol. The molecule has 0 unspecified atom stereocenters. The molecule has 30 heavy (non-hydrogen) atoms. The van der Waals surface area contributed by atoms with E-state index in [9.17, 15) is 26.7 Å². The molecule has 0 bridgehead atoms. The fourth-order valence-electron chi connectivity index (χ4n) is 4.13. The maximum absolute atomic E-state index is 13.6. The van der Waals surface area contributed by atoms with Crippen LogP contribution in [0.4, 0.5) is 22.0 Å². The summed E-state index contributed by atoms with van der Waals surface area (Å²) in [7, 11) is 0. The van der Waals surface area contributed by atoms with Crippen molar-refractivity contribution in [2.75, 3.05) is 0 Å². The molecule has 3 rings (SSSR count). The summed E-state index contributed by atoms with van der Waals surface area (Å²) in [6.45, 7) is 2.19. The minimum absolute atomic E-state index is 0.152. The lowest BCUT2D eigenvalue weighted by Gasteiger charge is -2.28. The zero-order valence-corrected chi connectivity index (χ0v) is 16.6. The molecule has 0 spiro atoms. The lowest BCUT2D eigenvalue weighted by molar-refractivity contribution is -0.142. The van der Waals surface area contributed by atoms with Crippen LogP contribution in [0.1, 0.15) is 72.9 Å². The Hall–Kier alpha value is -2.44.